The predicted octanol–water partition coefficient (Wildman–Crippen LogP) is 3.11. The van der Waals surface area contributed by atoms with E-state index >= 15 is 0 Å². The van der Waals surface area contributed by atoms with E-state index in [1.807, 2.05) is 19.1 Å². The van der Waals surface area contributed by atoms with Gasteiger partial charge in [0.05, 0.1) is 19.8 Å². The van der Waals surface area contributed by atoms with Crippen LogP contribution in [0.25, 0.3) is 0 Å². The number of aromatic nitrogens is 4. The van der Waals surface area contributed by atoms with E-state index in [1.165, 1.54) is 6.42 Å². The lowest BCUT2D eigenvalue weighted by atomic mass is 9.81. The quantitative estimate of drug-likeness (QED) is 0.524. The first kappa shape index (κ1) is 26.3. The Labute approximate surface area is 230 Å². The Morgan fingerprint density at radius 3 is 2.77 bits per heavy atom. The normalized spacial score (nSPS) is 27.4. The van der Waals surface area contributed by atoms with Gasteiger partial charge in [0.2, 0.25) is 17.7 Å². The molecule has 2 bridgehead atoms. The highest BCUT2D eigenvalue weighted by Gasteiger charge is 2.36. The van der Waals surface area contributed by atoms with Crippen LogP contribution in [-0.4, -0.2) is 101 Å². The van der Waals surface area contributed by atoms with Gasteiger partial charge in [-0.1, -0.05) is 0 Å². The summed E-state index contributed by atoms with van der Waals surface area (Å²) >= 11 is 0. The second-order valence-electron chi connectivity index (χ2n) is 11.7. The van der Waals surface area contributed by atoms with Crippen LogP contribution < -0.4 is 15.0 Å². The summed E-state index contributed by atoms with van der Waals surface area (Å²) in [5.41, 5.74) is 0.973. The van der Waals surface area contributed by atoms with Gasteiger partial charge >= 0.3 is 0 Å². The van der Waals surface area contributed by atoms with Gasteiger partial charge < -0.3 is 24.6 Å². The molecule has 0 spiro atoms. The third kappa shape index (κ3) is 6.30. The number of carbonyl (C=O) groups excluding carboxylic acids is 1. The molecule has 39 heavy (non-hydrogen) atoms. The number of piperidine rings is 1. The topological polar surface area (TPSA) is 112 Å². The first-order valence-electron chi connectivity index (χ1n) is 14.7. The number of aryl methyl sites for hydroxylation is 1. The monoisotopic (exact) mass is 538 g/mol. The maximum Gasteiger partial charge on any atom is 0.236 e. The molecule has 11 nitrogen and oxygen atoms in total. The molecule has 5 fully saturated rings. The van der Waals surface area contributed by atoms with E-state index in [0.29, 0.717) is 61.1 Å². The highest BCUT2D eigenvalue weighted by molar-refractivity contribution is 5.78. The molecule has 4 atom stereocenters. The Kier molecular flexibility index (Phi) is 7.87. The maximum absolute atomic E-state index is 13.0. The minimum Gasteiger partial charge on any atom is -0.472 e. The zero-order chi connectivity index (χ0) is 26.8. The van der Waals surface area contributed by atoms with Gasteiger partial charge in [-0.15, -0.1) is 0 Å². The number of H-pyrrole nitrogens is 1. The van der Waals surface area contributed by atoms with E-state index in [9.17, 15) is 4.79 Å². The molecule has 1 aliphatic carbocycles. The molecular weight excluding hydrogens is 496 g/mol. The molecule has 212 valence electrons. The molecule has 2 N–H and O–H groups in total. The fourth-order valence-corrected chi connectivity index (χ4v) is 6.58. The minimum absolute atomic E-state index is 0.00244. The summed E-state index contributed by atoms with van der Waals surface area (Å²) in [5.74, 6) is 3.48. The fraction of sp³-hybridized carbons (Fsp3) is 0.714. The van der Waals surface area contributed by atoms with Crippen LogP contribution in [-0.2, 0) is 9.53 Å². The second-order valence-corrected chi connectivity index (χ2v) is 11.7. The second kappa shape index (κ2) is 11.7. The SMILES string of the molecule is Cc1cc(Nc2cc(O[C@@H]3CCOC3)nc(N(C)[C@@H]3CCC4CC[C@@H](C3)N(CC(=O)N3CCCC3)C4)n2)n[nH]1. The van der Waals surface area contributed by atoms with Crippen LogP contribution in [0.4, 0.5) is 17.6 Å². The summed E-state index contributed by atoms with van der Waals surface area (Å²) in [7, 11) is 2.10. The van der Waals surface area contributed by atoms with Crippen LogP contribution in [0.2, 0.25) is 0 Å². The van der Waals surface area contributed by atoms with Crippen LogP contribution in [0.1, 0.15) is 57.1 Å². The largest absolute Gasteiger partial charge is 0.472 e. The van der Waals surface area contributed by atoms with Crippen molar-refractivity contribution in [2.24, 2.45) is 5.92 Å². The molecule has 5 aliphatic rings. The van der Waals surface area contributed by atoms with E-state index < -0.39 is 0 Å². The third-order valence-corrected chi connectivity index (χ3v) is 8.86. The first-order valence-corrected chi connectivity index (χ1v) is 14.7. The predicted molar refractivity (Wildman–Crippen MR) is 148 cm³/mol. The number of fused-ring (bicyclic) bond motifs is 5. The molecule has 2 aromatic rings. The van der Waals surface area contributed by atoms with Crippen LogP contribution in [0.3, 0.4) is 0 Å². The number of hydrogen-bond acceptors (Lipinski definition) is 9. The zero-order valence-corrected chi connectivity index (χ0v) is 23.3. The number of amides is 1. The van der Waals surface area contributed by atoms with Gasteiger partial charge in [-0.2, -0.15) is 15.1 Å². The Morgan fingerprint density at radius 1 is 1.15 bits per heavy atom. The van der Waals surface area contributed by atoms with Crippen molar-refractivity contribution in [2.45, 2.75) is 76.5 Å². The van der Waals surface area contributed by atoms with Gasteiger partial charge in [0, 0.05) is 63.0 Å². The molecule has 1 amide bonds. The van der Waals surface area contributed by atoms with Gasteiger partial charge in [-0.3, -0.25) is 14.8 Å². The molecule has 0 aromatic carbocycles. The molecule has 7 rings (SSSR count). The van der Waals surface area contributed by atoms with Crippen LogP contribution in [0.15, 0.2) is 12.1 Å². The van der Waals surface area contributed by atoms with Crippen molar-refractivity contribution >= 4 is 23.5 Å². The average Bonchev–Trinajstić information content (AvgIpc) is 3.69. The van der Waals surface area contributed by atoms with E-state index in [-0.39, 0.29) is 12.1 Å². The van der Waals surface area contributed by atoms with Gasteiger partial charge in [0.15, 0.2) is 5.82 Å². The number of aromatic amines is 1. The Morgan fingerprint density at radius 2 is 2.00 bits per heavy atom. The summed E-state index contributed by atoms with van der Waals surface area (Å²) in [6.45, 7) is 6.69. The molecule has 1 unspecified atom stereocenters. The lowest BCUT2D eigenvalue weighted by Gasteiger charge is -2.45. The summed E-state index contributed by atoms with van der Waals surface area (Å²) < 4.78 is 11.7. The summed E-state index contributed by atoms with van der Waals surface area (Å²) in [6.07, 6.45) is 8.79. The third-order valence-electron chi connectivity index (χ3n) is 8.86. The number of nitrogens with zero attached hydrogens (tertiary/aromatic N) is 6. The van der Waals surface area contributed by atoms with Crippen LogP contribution in [0.5, 0.6) is 5.88 Å². The lowest BCUT2D eigenvalue weighted by Crippen LogP contribution is -2.52. The minimum atomic E-state index is -0.00244. The Bertz CT molecular complexity index is 1130. The van der Waals surface area contributed by atoms with Crippen molar-refractivity contribution in [3.8, 4) is 5.88 Å². The highest BCUT2D eigenvalue weighted by Crippen LogP contribution is 2.35. The number of nitrogens with one attached hydrogen (secondary N) is 2. The van der Waals surface area contributed by atoms with Crippen molar-refractivity contribution in [3.63, 3.8) is 0 Å². The van der Waals surface area contributed by atoms with Crippen LogP contribution >= 0.6 is 0 Å². The van der Waals surface area contributed by atoms with Gasteiger partial charge in [-0.25, -0.2) is 0 Å². The van der Waals surface area contributed by atoms with Crippen LogP contribution in [0, 0.1) is 12.8 Å². The summed E-state index contributed by atoms with van der Waals surface area (Å²) in [4.78, 5) is 29.5. The number of hydrogen-bond donors (Lipinski definition) is 2. The van der Waals surface area contributed by atoms with Gasteiger partial charge in [0.25, 0.3) is 0 Å². The summed E-state index contributed by atoms with van der Waals surface area (Å²) in [6, 6.07) is 4.47. The number of likely N-dealkylation sites (tertiary alicyclic amines) is 1. The van der Waals surface area contributed by atoms with E-state index in [0.717, 1.165) is 70.3 Å². The average molecular weight is 539 g/mol. The first-order chi connectivity index (χ1) is 19.0. The Balaban J connectivity index is 1.20. The fourth-order valence-electron chi connectivity index (χ4n) is 6.58. The zero-order valence-electron chi connectivity index (χ0n) is 23.3. The van der Waals surface area contributed by atoms with E-state index in [4.69, 9.17) is 19.4 Å². The van der Waals surface area contributed by atoms with Crippen molar-refractivity contribution in [1.82, 2.24) is 30.0 Å². The molecule has 6 heterocycles. The maximum atomic E-state index is 13.0. The highest BCUT2D eigenvalue weighted by atomic mass is 16.5. The Hall–Kier alpha value is -2.92. The molecule has 11 heteroatoms. The molecule has 4 aliphatic heterocycles. The molecule has 2 aromatic heterocycles. The lowest BCUT2D eigenvalue weighted by molar-refractivity contribution is -0.132. The standard InChI is InChI=1S/C28H42N8O3/c1-19-13-25(33-32-19)29-24-15-26(39-23-9-12-38-18-23)31-28(30-24)34(2)21-7-5-20-6-8-22(14-21)36(16-20)17-27(37)35-10-3-4-11-35/h13,15,20-23H,3-12,14,16-18H2,1-2H3,(H2,29,30,31,32,33)/t20?,21-,22+,23-/m1/s1. The van der Waals surface area contributed by atoms with Gasteiger partial charge in [-0.05, 0) is 57.8 Å². The van der Waals surface area contributed by atoms with E-state index in [1.54, 1.807) is 0 Å². The number of ether oxygens (including phenoxy) is 2. The number of carbonyl (C=O) groups is 1. The van der Waals surface area contributed by atoms with E-state index in [2.05, 4.69) is 37.3 Å². The summed E-state index contributed by atoms with van der Waals surface area (Å²) in [5, 5.41) is 10.6. The van der Waals surface area contributed by atoms with Crippen molar-refractivity contribution < 1.29 is 14.3 Å². The molecular formula is C28H42N8O3. The van der Waals surface area contributed by atoms with Crippen molar-refractivity contribution in [3.05, 3.63) is 17.8 Å². The molecule has 0 radical (unpaired) electrons. The molecule has 4 saturated heterocycles. The van der Waals surface area contributed by atoms with Crippen molar-refractivity contribution in [1.29, 1.82) is 0 Å². The van der Waals surface area contributed by atoms with Gasteiger partial charge in [0.1, 0.15) is 11.9 Å². The van der Waals surface area contributed by atoms with Crippen molar-refractivity contribution in [2.75, 3.05) is 56.7 Å². The number of rotatable bonds is 8. The number of anilines is 3. The molecule has 1 saturated carbocycles. The smallest absolute Gasteiger partial charge is 0.236 e.